The molecule has 5 nitrogen and oxygen atoms in total. The Labute approximate surface area is 124 Å². The van der Waals surface area contributed by atoms with Gasteiger partial charge < -0.3 is 9.88 Å². The van der Waals surface area contributed by atoms with Gasteiger partial charge in [-0.15, -0.1) is 0 Å². The molecule has 7 heteroatoms. The molecular formula is C12H13BrN4OS. The van der Waals surface area contributed by atoms with Crippen molar-refractivity contribution in [2.24, 2.45) is 7.05 Å². The molecule has 1 aromatic carbocycles. The summed E-state index contributed by atoms with van der Waals surface area (Å²) < 4.78 is 3.32. The third-order valence-electron chi connectivity index (χ3n) is 2.71. The Kier molecular flexibility index (Phi) is 4.49. The number of carbonyl (C=O) groups excluding carboxylic acids is 1. The number of nitrogens with one attached hydrogen (secondary N) is 2. The lowest BCUT2D eigenvalue weighted by Gasteiger charge is -2.05. The van der Waals surface area contributed by atoms with Crippen molar-refractivity contribution in [3.8, 4) is 0 Å². The minimum Gasteiger partial charge on any atom is -0.352 e. The predicted molar refractivity (Wildman–Crippen MR) is 78.6 cm³/mol. The van der Waals surface area contributed by atoms with Gasteiger partial charge in [0.2, 0.25) is 0 Å². The Bertz CT molecular complexity index is 632. The number of hydrogen-bond acceptors (Lipinski definition) is 3. The molecule has 100 valence electrons. The van der Waals surface area contributed by atoms with Crippen molar-refractivity contribution in [3.05, 3.63) is 44.9 Å². The Morgan fingerprint density at radius 1 is 1.47 bits per heavy atom. The Morgan fingerprint density at radius 2 is 2.16 bits per heavy atom. The average Bonchev–Trinajstić information content (AvgIpc) is 2.71. The number of aromatic amines is 1. The van der Waals surface area contributed by atoms with Gasteiger partial charge in [-0.1, -0.05) is 15.9 Å². The molecule has 2 rings (SSSR count). The van der Waals surface area contributed by atoms with Crippen molar-refractivity contribution in [2.45, 2.75) is 6.42 Å². The minimum absolute atomic E-state index is 0.0933. The topological polar surface area (TPSA) is 62.7 Å². The second-order valence-electron chi connectivity index (χ2n) is 4.02. The fourth-order valence-corrected chi connectivity index (χ4v) is 2.01. The lowest BCUT2D eigenvalue weighted by molar-refractivity contribution is 0.0954. The number of aromatic nitrogens is 3. The van der Waals surface area contributed by atoms with Crippen molar-refractivity contribution < 1.29 is 4.79 Å². The summed E-state index contributed by atoms with van der Waals surface area (Å²) in [5.41, 5.74) is 0.638. The highest BCUT2D eigenvalue weighted by Crippen LogP contribution is 2.10. The maximum atomic E-state index is 11.9. The number of hydrogen-bond donors (Lipinski definition) is 2. The van der Waals surface area contributed by atoms with Crippen LogP contribution in [0.3, 0.4) is 0 Å². The molecule has 1 amide bonds. The highest BCUT2D eigenvalue weighted by atomic mass is 79.9. The van der Waals surface area contributed by atoms with E-state index in [-0.39, 0.29) is 5.91 Å². The van der Waals surface area contributed by atoms with Gasteiger partial charge in [0.25, 0.3) is 5.91 Å². The number of nitrogens with zero attached hydrogens (tertiary/aromatic N) is 2. The molecule has 2 N–H and O–H groups in total. The van der Waals surface area contributed by atoms with Crippen LogP contribution in [0.5, 0.6) is 0 Å². The van der Waals surface area contributed by atoms with Gasteiger partial charge in [0.15, 0.2) is 4.77 Å². The fraction of sp³-hybridized carbons (Fsp3) is 0.250. The van der Waals surface area contributed by atoms with E-state index in [4.69, 9.17) is 12.2 Å². The van der Waals surface area contributed by atoms with Crippen LogP contribution in [0.15, 0.2) is 28.7 Å². The molecule has 0 saturated heterocycles. The van der Waals surface area contributed by atoms with Gasteiger partial charge in [0.1, 0.15) is 5.82 Å². The van der Waals surface area contributed by atoms with E-state index in [0.717, 1.165) is 10.3 Å². The van der Waals surface area contributed by atoms with Crippen molar-refractivity contribution in [3.63, 3.8) is 0 Å². The molecule has 1 heterocycles. The van der Waals surface area contributed by atoms with Crippen LogP contribution in [0.4, 0.5) is 0 Å². The van der Waals surface area contributed by atoms with E-state index in [1.165, 1.54) is 0 Å². The Hall–Kier alpha value is -1.47. The summed E-state index contributed by atoms with van der Waals surface area (Å²) in [6, 6.07) is 7.23. The van der Waals surface area contributed by atoms with E-state index in [1.807, 2.05) is 19.2 Å². The standard InChI is InChI=1S/C12H13BrN4OS/c1-17-10(15-16-12(17)19)6-7-14-11(18)8-2-4-9(13)5-3-8/h2-5H,6-7H2,1H3,(H,14,18)(H,16,19). The van der Waals surface area contributed by atoms with Gasteiger partial charge in [-0.05, 0) is 36.5 Å². The summed E-state index contributed by atoms with van der Waals surface area (Å²) in [7, 11) is 1.84. The first-order chi connectivity index (χ1) is 9.08. The van der Waals surface area contributed by atoms with Gasteiger partial charge in [0, 0.05) is 30.0 Å². The second kappa shape index (κ2) is 6.12. The number of amides is 1. The van der Waals surface area contributed by atoms with Crippen molar-refractivity contribution >= 4 is 34.1 Å². The van der Waals surface area contributed by atoms with Crippen LogP contribution in [-0.2, 0) is 13.5 Å². The van der Waals surface area contributed by atoms with Crippen molar-refractivity contribution in [1.29, 1.82) is 0 Å². The molecule has 0 atom stereocenters. The number of H-pyrrole nitrogens is 1. The van der Waals surface area contributed by atoms with Crippen molar-refractivity contribution in [1.82, 2.24) is 20.1 Å². The first-order valence-corrected chi connectivity index (χ1v) is 6.92. The van der Waals surface area contributed by atoms with Gasteiger partial charge in [-0.25, -0.2) is 0 Å². The number of carbonyl (C=O) groups is 1. The SMILES string of the molecule is Cn1c(CCNC(=O)c2ccc(Br)cc2)n[nH]c1=S. The minimum atomic E-state index is -0.0933. The monoisotopic (exact) mass is 340 g/mol. The van der Waals surface area contributed by atoms with E-state index in [1.54, 1.807) is 16.7 Å². The molecule has 2 aromatic rings. The smallest absolute Gasteiger partial charge is 0.251 e. The van der Waals surface area contributed by atoms with Crippen LogP contribution >= 0.6 is 28.1 Å². The number of halogens is 1. The van der Waals surface area contributed by atoms with E-state index < -0.39 is 0 Å². The van der Waals surface area contributed by atoms with E-state index in [2.05, 4.69) is 31.4 Å². The molecule has 0 saturated carbocycles. The average molecular weight is 341 g/mol. The summed E-state index contributed by atoms with van der Waals surface area (Å²) >= 11 is 8.35. The Balaban J connectivity index is 1.89. The zero-order chi connectivity index (χ0) is 13.8. The molecule has 19 heavy (non-hydrogen) atoms. The van der Waals surface area contributed by atoms with Crippen LogP contribution < -0.4 is 5.32 Å². The number of benzene rings is 1. The van der Waals surface area contributed by atoms with E-state index in [9.17, 15) is 4.79 Å². The summed E-state index contributed by atoms with van der Waals surface area (Å²) in [4.78, 5) is 11.9. The van der Waals surface area contributed by atoms with Gasteiger partial charge in [-0.2, -0.15) is 5.10 Å². The zero-order valence-corrected chi connectivity index (χ0v) is 12.7. The number of rotatable bonds is 4. The second-order valence-corrected chi connectivity index (χ2v) is 5.32. The molecule has 0 aliphatic rings. The van der Waals surface area contributed by atoms with Gasteiger partial charge in [-0.3, -0.25) is 9.89 Å². The third-order valence-corrected chi connectivity index (χ3v) is 3.61. The van der Waals surface area contributed by atoms with Crippen LogP contribution in [0.1, 0.15) is 16.2 Å². The fourth-order valence-electron chi connectivity index (χ4n) is 1.59. The van der Waals surface area contributed by atoms with E-state index in [0.29, 0.717) is 23.3 Å². The highest BCUT2D eigenvalue weighted by molar-refractivity contribution is 9.10. The molecule has 0 fully saturated rings. The van der Waals surface area contributed by atoms with Crippen molar-refractivity contribution in [2.75, 3.05) is 6.54 Å². The molecular weight excluding hydrogens is 328 g/mol. The largest absolute Gasteiger partial charge is 0.352 e. The molecule has 0 aliphatic heterocycles. The molecule has 0 bridgehead atoms. The lowest BCUT2D eigenvalue weighted by atomic mass is 10.2. The summed E-state index contributed by atoms with van der Waals surface area (Å²) in [6.07, 6.45) is 0.631. The first kappa shape index (κ1) is 14.0. The first-order valence-electron chi connectivity index (χ1n) is 5.72. The summed E-state index contributed by atoms with van der Waals surface area (Å²) in [5, 5.41) is 9.64. The lowest BCUT2D eigenvalue weighted by Crippen LogP contribution is -2.26. The molecule has 0 radical (unpaired) electrons. The normalized spacial score (nSPS) is 10.4. The van der Waals surface area contributed by atoms with Gasteiger partial charge in [0.05, 0.1) is 0 Å². The zero-order valence-electron chi connectivity index (χ0n) is 10.3. The third kappa shape index (κ3) is 3.51. The molecule has 0 aliphatic carbocycles. The maximum absolute atomic E-state index is 11.9. The van der Waals surface area contributed by atoms with Gasteiger partial charge >= 0.3 is 0 Å². The molecule has 0 spiro atoms. The quantitative estimate of drug-likeness (QED) is 0.839. The Morgan fingerprint density at radius 3 is 2.74 bits per heavy atom. The van der Waals surface area contributed by atoms with Crippen LogP contribution in [-0.4, -0.2) is 27.2 Å². The van der Waals surface area contributed by atoms with Crippen LogP contribution in [0.2, 0.25) is 0 Å². The summed E-state index contributed by atoms with van der Waals surface area (Å²) in [5.74, 6) is 0.727. The molecule has 0 unspecified atom stereocenters. The van der Waals surface area contributed by atoms with E-state index >= 15 is 0 Å². The summed E-state index contributed by atoms with van der Waals surface area (Å²) in [6.45, 7) is 0.516. The van der Waals surface area contributed by atoms with Crippen LogP contribution in [0.25, 0.3) is 0 Å². The highest BCUT2D eigenvalue weighted by Gasteiger charge is 2.06. The maximum Gasteiger partial charge on any atom is 0.251 e. The molecule has 1 aromatic heterocycles. The van der Waals surface area contributed by atoms with Crippen LogP contribution in [0, 0.1) is 4.77 Å². The predicted octanol–water partition coefficient (Wildman–Crippen LogP) is 2.21.